The van der Waals surface area contributed by atoms with Crippen molar-refractivity contribution in [3.8, 4) is 0 Å². The monoisotopic (exact) mass is 262 g/mol. The SMILES string of the molecule is [BaH+].[Ni].[OH-].[Ti]. The van der Waals surface area contributed by atoms with E-state index >= 15 is 0 Å². The molecule has 0 aromatic rings. The van der Waals surface area contributed by atoms with E-state index in [4.69, 9.17) is 0 Å². The molecule has 1 nitrogen and oxygen atoms in total. The third kappa shape index (κ3) is 8.83. The first-order chi connectivity index (χ1) is 0. The van der Waals surface area contributed by atoms with Crippen LogP contribution in [0.2, 0.25) is 0 Å². The molecule has 0 saturated carbocycles. The van der Waals surface area contributed by atoms with Gasteiger partial charge in [0.15, 0.2) is 0 Å². The summed E-state index contributed by atoms with van der Waals surface area (Å²) in [6.07, 6.45) is 0. The van der Waals surface area contributed by atoms with Gasteiger partial charge in [0.05, 0.1) is 0 Å². The molecular weight excluding hydrogens is 260 g/mol. The minimum atomic E-state index is 0. The van der Waals surface area contributed by atoms with E-state index in [1.807, 2.05) is 0 Å². The first-order valence-corrected chi connectivity index (χ1v) is 0. The second-order valence-corrected chi connectivity index (χ2v) is 0. The zero-order chi connectivity index (χ0) is 0. The molecule has 0 aromatic carbocycles. The predicted octanol–water partition coefficient (Wildman–Crippen LogP) is -0.830. The molecule has 0 aliphatic carbocycles. The van der Waals surface area contributed by atoms with Crippen molar-refractivity contribution in [3.63, 3.8) is 0 Å². The molecule has 0 aliphatic heterocycles. The maximum atomic E-state index is 0. The zero-order valence-electron chi connectivity index (χ0n) is 2.26. The molecular formula is H2BaNiOTi. The number of hydrogen-bond acceptors (Lipinski definition) is 1. The van der Waals surface area contributed by atoms with E-state index in [2.05, 4.69) is 0 Å². The standard InChI is InChI=1S/Ba.Ni.H2O.Ti.H/h;;1H2;;/q+1;;;;/p-1. The van der Waals surface area contributed by atoms with E-state index in [-0.39, 0.29) is 92.6 Å². The Bertz CT molecular complexity index is 8.00. The molecule has 0 saturated heterocycles. The van der Waals surface area contributed by atoms with Gasteiger partial charge in [0, 0.05) is 38.2 Å². The smallest absolute Gasteiger partial charge is 0 e. The van der Waals surface area contributed by atoms with E-state index in [9.17, 15) is 0 Å². The molecule has 0 unspecified atom stereocenters. The van der Waals surface area contributed by atoms with Gasteiger partial charge in [-0.3, -0.25) is 0 Å². The van der Waals surface area contributed by atoms with Gasteiger partial charge in [-0.15, -0.1) is 0 Å². The Kier molecular flexibility index (Phi) is 127. The van der Waals surface area contributed by atoms with Crippen molar-refractivity contribution in [1.29, 1.82) is 0 Å². The van der Waals surface area contributed by atoms with Gasteiger partial charge < -0.3 is 5.48 Å². The summed E-state index contributed by atoms with van der Waals surface area (Å²) in [5, 5.41) is 0. The Morgan fingerprint density at radius 1 is 1.00 bits per heavy atom. The van der Waals surface area contributed by atoms with Gasteiger partial charge in [0.1, 0.15) is 0 Å². The number of hydrogen-bond donors (Lipinski definition) is 0. The van der Waals surface area contributed by atoms with E-state index in [1.54, 1.807) is 0 Å². The first kappa shape index (κ1) is 29.6. The molecule has 4 heavy (non-hydrogen) atoms. The Morgan fingerprint density at radius 3 is 1.00 bits per heavy atom. The largest absolute Gasteiger partial charge is 0.870 e. The molecule has 0 aliphatic rings. The maximum absolute atomic E-state index is 0. The summed E-state index contributed by atoms with van der Waals surface area (Å²) in [7, 11) is 0. The van der Waals surface area contributed by atoms with Gasteiger partial charge in [-0.25, -0.2) is 0 Å². The molecule has 24 valence electrons. The fourth-order valence-corrected chi connectivity index (χ4v) is 0. The maximum Gasteiger partial charge on any atom is 0 e. The van der Waals surface area contributed by atoms with Crippen molar-refractivity contribution in [2.45, 2.75) is 0 Å². The van der Waals surface area contributed by atoms with Crippen molar-refractivity contribution in [2.75, 3.05) is 0 Å². The van der Waals surface area contributed by atoms with E-state index < -0.39 is 0 Å². The van der Waals surface area contributed by atoms with Crippen LogP contribution in [0.15, 0.2) is 0 Å². The van der Waals surface area contributed by atoms with Gasteiger partial charge in [0.2, 0.25) is 0 Å². The second-order valence-electron chi connectivity index (χ2n) is 0. The fraction of sp³-hybridized carbons (Fsp3) is 0. The summed E-state index contributed by atoms with van der Waals surface area (Å²) in [5.74, 6) is 0. The fourth-order valence-electron chi connectivity index (χ4n) is 0. The van der Waals surface area contributed by atoms with Crippen LogP contribution in [0.1, 0.15) is 0 Å². The number of rotatable bonds is 0. The van der Waals surface area contributed by atoms with Crippen molar-refractivity contribution >= 4 is 48.9 Å². The Labute approximate surface area is 90.5 Å². The van der Waals surface area contributed by atoms with Crippen molar-refractivity contribution in [2.24, 2.45) is 0 Å². The molecule has 1 N–H and O–H groups in total. The minimum absolute atomic E-state index is 0. The molecule has 0 radical (unpaired) electrons. The van der Waals surface area contributed by atoms with Crippen molar-refractivity contribution in [1.82, 2.24) is 0 Å². The Hall–Kier alpha value is 2.74. The van der Waals surface area contributed by atoms with Crippen LogP contribution in [0, 0.1) is 0 Å². The van der Waals surface area contributed by atoms with Gasteiger partial charge in [0.25, 0.3) is 0 Å². The van der Waals surface area contributed by atoms with E-state index in [0.29, 0.717) is 0 Å². The molecule has 0 rings (SSSR count). The molecule has 4 heteroatoms. The van der Waals surface area contributed by atoms with Gasteiger partial charge in [-0.2, -0.15) is 0 Å². The first-order valence-electron chi connectivity index (χ1n) is 0. The van der Waals surface area contributed by atoms with E-state index in [0.717, 1.165) is 0 Å². The van der Waals surface area contributed by atoms with Crippen molar-refractivity contribution < 1.29 is 43.7 Å². The summed E-state index contributed by atoms with van der Waals surface area (Å²) < 4.78 is 0. The molecule has 0 spiro atoms. The molecule has 0 aromatic heterocycles. The topological polar surface area (TPSA) is 30.0 Å². The predicted molar refractivity (Wildman–Crippen MR) is 9.08 cm³/mol. The Morgan fingerprint density at radius 2 is 1.00 bits per heavy atom. The zero-order valence-corrected chi connectivity index (χ0v) is 11.1. The Balaban J connectivity index is 0. The molecule has 0 atom stereocenters. The molecule has 0 fully saturated rings. The van der Waals surface area contributed by atoms with Gasteiger partial charge in [-0.05, 0) is 0 Å². The van der Waals surface area contributed by atoms with Crippen LogP contribution in [0.5, 0.6) is 0 Å². The van der Waals surface area contributed by atoms with Crippen molar-refractivity contribution in [3.05, 3.63) is 0 Å². The van der Waals surface area contributed by atoms with Gasteiger partial charge in [-0.1, -0.05) is 0 Å². The van der Waals surface area contributed by atoms with Crippen LogP contribution in [0.25, 0.3) is 0 Å². The molecule has 0 amide bonds. The third-order valence-corrected chi connectivity index (χ3v) is 0. The van der Waals surface area contributed by atoms with Crippen LogP contribution < -0.4 is 0 Å². The summed E-state index contributed by atoms with van der Waals surface area (Å²) >= 11 is 0. The second kappa shape index (κ2) is 17.2. The van der Waals surface area contributed by atoms with Crippen LogP contribution in [-0.2, 0) is 38.2 Å². The van der Waals surface area contributed by atoms with E-state index in [1.165, 1.54) is 0 Å². The van der Waals surface area contributed by atoms with Gasteiger partial charge >= 0.3 is 48.9 Å². The summed E-state index contributed by atoms with van der Waals surface area (Å²) in [4.78, 5) is 0. The van der Waals surface area contributed by atoms with Crippen LogP contribution >= 0.6 is 0 Å². The third-order valence-electron chi connectivity index (χ3n) is 0. The summed E-state index contributed by atoms with van der Waals surface area (Å²) in [6.45, 7) is 0. The average molecular weight is 262 g/mol. The minimum Gasteiger partial charge on any atom is -0.870 e. The van der Waals surface area contributed by atoms with Crippen LogP contribution in [0.3, 0.4) is 0 Å². The summed E-state index contributed by atoms with van der Waals surface area (Å²) in [6, 6.07) is 0. The average Bonchev–Trinajstić information content (AvgIpc) is 0. The van der Waals surface area contributed by atoms with Crippen LogP contribution in [0.4, 0.5) is 0 Å². The normalized spacial score (nSPS) is 0. The quantitative estimate of drug-likeness (QED) is 0.524. The molecule has 0 bridgehead atoms. The van der Waals surface area contributed by atoms with Crippen LogP contribution in [-0.4, -0.2) is 54.4 Å². The molecule has 0 heterocycles. The summed E-state index contributed by atoms with van der Waals surface area (Å²) in [5.41, 5.74) is 0.